The number of nitrogens with zero attached hydrogens (tertiary/aromatic N) is 2. The van der Waals surface area contributed by atoms with E-state index >= 15 is 0 Å². The first kappa shape index (κ1) is 10.6. The molecule has 2 aliphatic rings. The van der Waals surface area contributed by atoms with Crippen LogP contribution in [0.4, 0.5) is 0 Å². The van der Waals surface area contributed by atoms with Gasteiger partial charge in [-0.3, -0.25) is 4.79 Å². The van der Waals surface area contributed by atoms with Crippen molar-refractivity contribution < 1.29 is 4.79 Å². The third kappa shape index (κ3) is 2.79. The maximum Gasteiger partial charge on any atom is 0.133 e. The molecule has 1 aliphatic heterocycles. The van der Waals surface area contributed by atoms with Crippen molar-refractivity contribution in [1.82, 2.24) is 4.90 Å². The topological polar surface area (TPSA) is 44.1 Å². The molecule has 0 aromatic carbocycles. The maximum atomic E-state index is 11.3. The molecule has 0 spiro atoms. The van der Waals surface area contributed by atoms with Gasteiger partial charge in [0.1, 0.15) is 5.78 Å². The predicted molar refractivity (Wildman–Crippen MR) is 57.1 cm³/mol. The molecule has 0 radical (unpaired) electrons. The Bertz CT molecular complexity index is 282. The summed E-state index contributed by atoms with van der Waals surface area (Å²) in [4.78, 5) is 13.7. The van der Waals surface area contributed by atoms with Crippen molar-refractivity contribution in [3.63, 3.8) is 0 Å². The summed E-state index contributed by atoms with van der Waals surface area (Å²) >= 11 is 0. The number of likely N-dealkylation sites (tertiary alicyclic amines) is 1. The Morgan fingerprint density at radius 1 is 1.47 bits per heavy atom. The number of hydrogen-bond acceptors (Lipinski definition) is 3. The van der Waals surface area contributed by atoms with Crippen molar-refractivity contribution in [1.29, 1.82) is 5.26 Å². The molecular formula is C12H18N2O. The fraction of sp³-hybridized carbons (Fsp3) is 0.833. The first-order chi connectivity index (χ1) is 7.28. The van der Waals surface area contributed by atoms with Crippen molar-refractivity contribution in [2.75, 3.05) is 19.6 Å². The summed E-state index contributed by atoms with van der Waals surface area (Å²) in [5.74, 6) is 1.22. The quantitative estimate of drug-likeness (QED) is 0.689. The van der Waals surface area contributed by atoms with E-state index in [4.69, 9.17) is 5.26 Å². The molecule has 0 aromatic heterocycles. The molecule has 82 valence electrons. The molecule has 15 heavy (non-hydrogen) atoms. The summed E-state index contributed by atoms with van der Waals surface area (Å²) in [6, 6.07) is 2.33. The average Bonchev–Trinajstić information content (AvgIpc) is 2.65. The van der Waals surface area contributed by atoms with Gasteiger partial charge in [-0.1, -0.05) is 0 Å². The second-order valence-electron chi connectivity index (χ2n) is 4.88. The van der Waals surface area contributed by atoms with Crippen LogP contribution in [0.3, 0.4) is 0 Å². The van der Waals surface area contributed by atoms with Gasteiger partial charge in [-0.25, -0.2) is 0 Å². The zero-order valence-corrected chi connectivity index (χ0v) is 9.11. The zero-order chi connectivity index (χ0) is 10.7. The van der Waals surface area contributed by atoms with Crippen LogP contribution in [0, 0.1) is 23.2 Å². The van der Waals surface area contributed by atoms with Crippen LogP contribution in [-0.4, -0.2) is 30.3 Å². The molecule has 1 aliphatic carbocycles. The monoisotopic (exact) mass is 206 g/mol. The van der Waals surface area contributed by atoms with Crippen LogP contribution in [0.5, 0.6) is 0 Å². The van der Waals surface area contributed by atoms with Crippen LogP contribution in [0.1, 0.15) is 32.1 Å². The number of carbonyl (C=O) groups is 1. The third-order valence-corrected chi connectivity index (χ3v) is 3.56. The van der Waals surface area contributed by atoms with Crippen molar-refractivity contribution in [2.45, 2.75) is 32.1 Å². The van der Waals surface area contributed by atoms with Crippen LogP contribution in [0.2, 0.25) is 0 Å². The lowest BCUT2D eigenvalue weighted by atomic mass is 9.88. The van der Waals surface area contributed by atoms with Gasteiger partial charge in [0.2, 0.25) is 0 Å². The van der Waals surface area contributed by atoms with Crippen LogP contribution in [0.25, 0.3) is 0 Å². The van der Waals surface area contributed by atoms with E-state index in [1.54, 1.807) is 0 Å². The summed E-state index contributed by atoms with van der Waals surface area (Å²) in [7, 11) is 0. The zero-order valence-electron chi connectivity index (χ0n) is 9.11. The largest absolute Gasteiger partial charge is 0.302 e. The van der Waals surface area contributed by atoms with E-state index in [0.29, 0.717) is 11.7 Å². The molecule has 3 nitrogen and oxygen atoms in total. The summed E-state index contributed by atoms with van der Waals surface area (Å²) < 4.78 is 0. The van der Waals surface area contributed by atoms with Crippen LogP contribution >= 0.6 is 0 Å². The molecule has 2 atom stereocenters. The molecule has 2 rings (SSSR count). The highest BCUT2D eigenvalue weighted by Gasteiger charge is 2.26. The Morgan fingerprint density at radius 3 is 3.00 bits per heavy atom. The standard InChI is InChI=1S/C12H18N2O/c13-7-11-4-5-14(9-11)8-10-2-1-3-12(15)6-10/h10-11H,1-6,8-9H2. The van der Waals surface area contributed by atoms with Gasteiger partial charge in [-0.2, -0.15) is 5.26 Å². The summed E-state index contributed by atoms with van der Waals surface area (Å²) in [5.41, 5.74) is 0. The van der Waals surface area contributed by atoms with E-state index in [-0.39, 0.29) is 5.92 Å². The fourth-order valence-electron chi connectivity index (χ4n) is 2.74. The molecule has 0 N–H and O–H groups in total. The average molecular weight is 206 g/mol. The van der Waals surface area contributed by atoms with Crippen LogP contribution in [-0.2, 0) is 4.79 Å². The molecule has 0 bridgehead atoms. The molecule has 1 saturated carbocycles. The van der Waals surface area contributed by atoms with Gasteiger partial charge in [0.05, 0.1) is 12.0 Å². The van der Waals surface area contributed by atoms with Gasteiger partial charge in [0.15, 0.2) is 0 Å². The highest BCUT2D eigenvalue weighted by molar-refractivity contribution is 5.79. The van der Waals surface area contributed by atoms with Crippen LogP contribution < -0.4 is 0 Å². The van der Waals surface area contributed by atoms with Crippen molar-refractivity contribution in [2.24, 2.45) is 11.8 Å². The molecule has 2 unspecified atom stereocenters. The van der Waals surface area contributed by atoms with Gasteiger partial charge in [0, 0.05) is 25.9 Å². The minimum absolute atomic E-state index is 0.226. The summed E-state index contributed by atoms with van der Waals surface area (Å²) in [6.45, 7) is 2.99. The molecule has 1 heterocycles. The van der Waals surface area contributed by atoms with Gasteiger partial charge in [-0.05, 0) is 31.7 Å². The lowest BCUT2D eigenvalue weighted by Crippen LogP contribution is -2.30. The van der Waals surface area contributed by atoms with Crippen molar-refractivity contribution >= 4 is 5.78 Å². The van der Waals surface area contributed by atoms with Crippen molar-refractivity contribution in [3.05, 3.63) is 0 Å². The highest BCUT2D eigenvalue weighted by Crippen LogP contribution is 2.24. The molecule has 0 aromatic rings. The lowest BCUT2D eigenvalue weighted by molar-refractivity contribution is -0.121. The second-order valence-corrected chi connectivity index (χ2v) is 4.88. The smallest absolute Gasteiger partial charge is 0.133 e. The summed E-state index contributed by atoms with van der Waals surface area (Å²) in [5, 5.41) is 8.80. The number of rotatable bonds is 2. The molecule has 1 saturated heterocycles. The number of Topliss-reactive ketones (excluding diaryl/α,β-unsaturated/α-hetero) is 1. The SMILES string of the molecule is N#CC1CCN(CC2CCCC(=O)C2)C1. The Morgan fingerprint density at radius 2 is 2.33 bits per heavy atom. The minimum Gasteiger partial charge on any atom is -0.302 e. The van der Waals surface area contributed by atoms with E-state index in [1.807, 2.05) is 0 Å². The third-order valence-electron chi connectivity index (χ3n) is 3.56. The Kier molecular flexibility index (Phi) is 3.37. The first-order valence-electron chi connectivity index (χ1n) is 5.91. The normalized spacial score (nSPS) is 32.9. The van der Waals surface area contributed by atoms with Gasteiger partial charge in [0.25, 0.3) is 0 Å². The Hall–Kier alpha value is -0.880. The number of nitriles is 1. The van der Waals surface area contributed by atoms with E-state index < -0.39 is 0 Å². The van der Waals surface area contributed by atoms with Gasteiger partial charge in [-0.15, -0.1) is 0 Å². The lowest BCUT2D eigenvalue weighted by Gasteiger charge is -2.25. The van der Waals surface area contributed by atoms with Crippen molar-refractivity contribution in [3.8, 4) is 6.07 Å². The predicted octanol–water partition coefficient (Wildman–Crippen LogP) is 1.59. The molecule has 2 fully saturated rings. The van der Waals surface area contributed by atoms with E-state index in [0.717, 1.165) is 45.3 Å². The molecule has 0 amide bonds. The summed E-state index contributed by atoms with van der Waals surface area (Å²) in [6.07, 6.45) is 4.83. The van der Waals surface area contributed by atoms with Gasteiger partial charge >= 0.3 is 0 Å². The van der Waals surface area contributed by atoms with E-state index in [1.165, 1.54) is 6.42 Å². The van der Waals surface area contributed by atoms with Crippen LogP contribution in [0.15, 0.2) is 0 Å². The second kappa shape index (κ2) is 4.76. The number of carbonyl (C=O) groups excluding carboxylic acids is 1. The Labute approximate surface area is 91.1 Å². The first-order valence-corrected chi connectivity index (χ1v) is 5.91. The Balaban J connectivity index is 1.77. The number of hydrogen-bond donors (Lipinski definition) is 0. The molecule has 3 heteroatoms. The highest BCUT2D eigenvalue weighted by atomic mass is 16.1. The fourth-order valence-corrected chi connectivity index (χ4v) is 2.74. The molecular weight excluding hydrogens is 188 g/mol. The maximum absolute atomic E-state index is 11.3. The van der Waals surface area contributed by atoms with E-state index in [2.05, 4.69) is 11.0 Å². The van der Waals surface area contributed by atoms with E-state index in [9.17, 15) is 4.79 Å². The minimum atomic E-state index is 0.226. The van der Waals surface area contributed by atoms with Gasteiger partial charge < -0.3 is 4.90 Å². The number of ketones is 1.